The summed E-state index contributed by atoms with van der Waals surface area (Å²) in [5, 5.41) is 0. The van der Waals surface area contributed by atoms with Gasteiger partial charge in [-0.2, -0.15) is 11.3 Å². The van der Waals surface area contributed by atoms with Gasteiger partial charge in [0.25, 0.3) is 0 Å². The predicted molar refractivity (Wildman–Crippen MR) is 50.8 cm³/mol. The van der Waals surface area contributed by atoms with E-state index >= 15 is 0 Å². The van der Waals surface area contributed by atoms with Crippen LogP contribution in [0.2, 0.25) is 11.6 Å². The van der Waals surface area contributed by atoms with Gasteiger partial charge in [-0.1, -0.05) is 16.7 Å². The number of aryl methyl sites for hydroxylation is 1. The van der Waals surface area contributed by atoms with E-state index in [0.717, 1.165) is 0 Å². The number of rotatable bonds is 2. The zero-order chi connectivity index (χ0) is 7.56. The molecule has 2 heteroatoms. The van der Waals surface area contributed by atoms with Gasteiger partial charge in [-0.3, -0.25) is 0 Å². The van der Waals surface area contributed by atoms with Crippen LogP contribution >= 0.6 is 11.3 Å². The van der Waals surface area contributed by atoms with Crippen LogP contribution < -0.4 is 3.74 Å². The number of hydrogen-bond acceptors (Lipinski definition) is 1. The van der Waals surface area contributed by atoms with Gasteiger partial charge in [-0.25, -0.2) is 0 Å². The molecule has 0 saturated heterocycles. The summed E-state index contributed by atoms with van der Waals surface area (Å²) < 4.78 is 1.65. The molecule has 0 aromatic carbocycles. The molecule has 1 heterocycles. The highest BCUT2D eigenvalue weighted by molar-refractivity contribution is 7.23. The van der Waals surface area contributed by atoms with Crippen molar-refractivity contribution in [2.45, 2.75) is 24.9 Å². The molecule has 0 radical (unpaired) electrons. The van der Waals surface area contributed by atoms with E-state index in [4.69, 9.17) is 0 Å². The molecule has 54 valence electrons. The van der Waals surface area contributed by atoms with E-state index in [1.165, 1.54) is 11.3 Å². The summed E-state index contributed by atoms with van der Waals surface area (Å²) >= 11 is 1.50. The first kappa shape index (κ1) is 8.33. The average molecular weight is 168 g/mol. The minimum atomic E-state index is -0.503. The summed E-state index contributed by atoms with van der Waals surface area (Å²) in [6, 6.07) is 4.58. The summed E-state index contributed by atoms with van der Waals surface area (Å²) in [6.45, 7) is 2.22. The number of hydrogen-bond donors (Lipinski definition) is 0. The second-order valence-electron chi connectivity index (χ2n) is 2.81. The third kappa shape index (κ3) is 1.86. The Bertz CT molecular complexity index is 203. The molecule has 0 amide bonds. The lowest BCUT2D eigenvalue weighted by Crippen LogP contribution is -2.17. The maximum atomic E-state index is 2.38. The second kappa shape index (κ2) is 3.57. The Kier molecular flexibility index (Phi) is 2.98. The molecule has 0 atom stereocenters. The lowest BCUT2D eigenvalue weighted by Gasteiger charge is -1.90. The summed E-state index contributed by atoms with van der Waals surface area (Å²) in [5.74, 6) is 4.76. The molecule has 0 aliphatic rings. The minimum Gasteiger partial charge on any atom is -0.164 e. The molecule has 0 N–H and O–H groups in total. The highest BCUT2D eigenvalue weighted by Crippen LogP contribution is 2.07. The van der Waals surface area contributed by atoms with Gasteiger partial charge < -0.3 is 0 Å². The van der Waals surface area contributed by atoms with Crippen LogP contribution in [0.4, 0.5) is 0 Å². The predicted octanol–water partition coefficient (Wildman–Crippen LogP) is 2.27. The Hall–Kier alpha value is 0.232. The molecular weight excluding hydrogens is 155 g/mol. The first-order valence-electron chi connectivity index (χ1n) is 3.82. The van der Waals surface area contributed by atoms with E-state index in [9.17, 15) is 0 Å². The van der Waals surface area contributed by atoms with Crippen molar-refractivity contribution in [3.63, 3.8) is 0 Å². The lowest BCUT2D eigenvalue weighted by atomic mass is 10.4. The van der Waals surface area contributed by atoms with Crippen LogP contribution in [0, 0.1) is 0 Å². The minimum absolute atomic E-state index is 0.503. The molecule has 1 rings (SSSR count). The van der Waals surface area contributed by atoms with Crippen molar-refractivity contribution in [2.24, 2.45) is 0 Å². The van der Waals surface area contributed by atoms with E-state index in [1.54, 1.807) is 3.74 Å². The normalized spacial score (nSPS) is 9.90. The molecule has 0 fully saturated rings. The third-order valence-corrected chi connectivity index (χ3v) is 5.76. The van der Waals surface area contributed by atoms with Gasteiger partial charge in [-0.05, 0) is 12.5 Å². The highest BCUT2D eigenvalue weighted by Gasteiger charge is 2.07. The fourth-order valence-corrected chi connectivity index (χ4v) is 3.49. The summed E-state index contributed by atoms with van der Waals surface area (Å²) in [6.07, 6.45) is 1.20. The Morgan fingerprint density at radius 2 is 2.10 bits per heavy atom. The standard InChI is InChI=1S/C6H7S.2CH3.Al/c1-2-6-4-3-5-7-6;;;/h3-4H,2H2,1H3;2*1H3;. The van der Waals surface area contributed by atoms with Gasteiger partial charge in [0.15, 0.2) is 0 Å². The lowest BCUT2D eigenvalue weighted by molar-refractivity contribution is 1.19. The van der Waals surface area contributed by atoms with E-state index in [2.05, 4.69) is 30.6 Å². The Labute approximate surface area is 71.3 Å². The fourth-order valence-electron chi connectivity index (χ4n) is 0.895. The van der Waals surface area contributed by atoms with Crippen LogP contribution in [0.1, 0.15) is 11.8 Å². The van der Waals surface area contributed by atoms with Crippen LogP contribution in [0.25, 0.3) is 0 Å². The third-order valence-electron chi connectivity index (χ3n) is 1.60. The zero-order valence-electron chi connectivity index (χ0n) is 6.85. The molecule has 0 bridgehead atoms. The molecule has 0 spiro atoms. The maximum absolute atomic E-state index is 2.38. The van der Waals surface area contributed by atoms with Crippen molar-refractivity contribution in [1.29, 1.82) is 0 Å². The van der Waals surface area contributed by atoms with Crippen LogP contribution in [0.3, 0.4) is 0 Å². The topological polar surface area (TPSA) is 0 Å². The van der Waals surface area contributed by atoms with E-state index in [0.29, 0.717) is 0 Å². The molecule has 0 saturated carbocycles. The molecule has 0 aliphatic carbocycles. The first-order valence-corrected chi connectivity index (χ1v) is 7.53. The van der Waals surface area contributed by atoms with Crippen LogP contribution in [-0.2, 0) is 6.42 Å². The van der Waals surface area contributed by atoms with Crippen molar-refractivity contribution in [1.82, 2.24) is 0 Å². The Morgan fingerprint density at radius 3 is 2.40 bits per heavy atom. The smallest absolute Gasteiger partial charge is 0.164 e. The molecule has 0 unspecified atom stereocenters. The molecule has 1 aromatic rings. The zero-order valence-corrected chi connectivity index (χ0v) is 8.82. The highest BCUT2D eigenvalue weighted by atomic mass is 32.1. The largest absolute Gasteiger partial charge is 0.316 e. The molecule has 0 aliphatic heterocycles. The molecule has 10 heavy (non-hydrogen) atoms. The Morgan fingerprint density at radius 1 is 1.40 bits per heavy atom. The van der Waals surface area contributed by atoms with E-state index in [-0.39, 0.29) is 0 Å². The summed E-state index contributed by atoms with van der Waals surface area (Å²) in [5.41, 5.74) is 0. The van der Waals surface area contributed by atoms with Crippen molar-refractivity contribution in [3.05, 3.63) is 17.0 Å². The van der Waals surface area contributed by atoms with E-state index in [1.807, 2.05) is 11.3 Å². The van der Waals surface area contributed by atoms with Gasteiger partial charge in [0.1, 0.15) is 0 Å². The monoisotopic (exact) mass is 168 g/mol. The van der Waals surface area contributed by atoms with Crippen LogP contribution in [-0.4, -0.2) is 14.1 Å². The van der Waals surface area contributed by atoms with Crippen molar-refractivity contribution >= 4 is 29.2 Å². The van der Waals surface area contributed by atoms with Gasteiger partial charge >= 0.3 is 14.1 Å². The Balaban J connectivity index is 2.78. The quantitative estimate of drug-likeness (QED) is 0.594. The SMILES string of the molecule is CCc1cc[c]([Al]([CH3])[CH3])s1. The maximum Gasteiger partial charge on any atom is 0.316 e. The van der Waals surface area contributed by atoms with Crippen molar-refractivity contribution in [3.8, 4) is 0 Å². The van der Waals surface area contributed by atoms with Crippen LogP contribution in [0.5, 0.6) is 0 Å². The summed E-state index contributed by atoms with van der Waals surface area (Å²) in [4.78, 5) is 1.54. The number of thiophene rings is 1. The molecule has 1 aromatic heterocycles. The molecular formula is C8H13AlS. The van der Waals surface area contributed by atoms with Gasteiger partial charge in [0.05, 0.1) is 0 Å². The van der Waals surface area contributed by atoms with Crippen molar-refractivity contribution < 1.29 is 0 Å². The van der Waals surface area contributed by atoms with Crippen LogP contribution in [0.15, 0.2) is 12.1 Å². The van der Waals surface area contributed by atoms with Gasteiger partial charge in [0, 0.05) is 4.88 Å². The summed E-state index contributed by atoms with van der Waals surface area (Å²) in [7, 11) is 0. The molecule has 0 nitrogen and oxygen atoms in total. The first-order chi connectivity index (χ1) is 4.74. The second-order valence-corrected chi connectivity index (χ2v) is 7.36. The van der Waals surface area contributed by atoms with Gasteiger partial charge in [-0.15, -0.1) is 11.6 Å². The average Bonchev–Trinajstić information content (AvgIpc) is 2.34. The van der Waals surface area contributed by atoms with Gasteiger partial charge in [0.2, 0.25) is 0 Å². The van der Waals surface area contributed by atoms with E-state index < -0.39 is 14.1 Å². The van der Waals surface area contributed by atoms with Crippen molar-refractivity contribution in [2.75, 3.05) is 0 Å². The fraction of sp³-hybridized carbons (Fsp3) is 0.500.